The maximum atomic E-state index is 13.0. The van der Waals surface area contributed by atoms with Gasteiger partial charge in [-0.15, -0.1) is 0 Å². The lowest BCUT2D eigenvalue weighted by Gasteiger charge is -2.20. The molecule has 0 fully saturated rings. The van der Waals surface area contributed by atoms with Gasteiger partial charge in [-0.05, 0) is 36.4 Å². The quantitative estimate of drug-likeness (QED) is 0.357. The van der Waals surface area contributed by atoms with E-state index < -0.39 is 22.5 Å². The molecule has 0 saturated carbocycles. The third-order valence-electron chi connectivity index (χ3n) is 5.12. The SMILES string of the molecule is CCN(CC)S(=O)(=O)c1cc(Cl)ccc1OCC(=O)Nc1ccc(Cl)cc1C(=O)c1ccccc1. The fourth-order valence-electron chi connectivity index (χ4n) is 3.39. The standard InChI is InChI=1S/C25H24Cl2N2O5S/c1-3-29(4-2)35(32,33)23-15-19(27)11-13-22(23)34-16-24(30)28-21-12-10-18(26)14-20(21)25(31)17-8-6-5-7-9-17/h5-15H,3-4,16H2,1-2H3,(H,28,30). The van der Waals surface area contributed by atoms with E-state index in [1.165, 1.54) is 34.6 Å². The van der Waals surface area contributed by atoms with Crippen LogP contribution in [-0.4, -0.2) is 44.1 Å². The first kappa shape index (κ1) is 26.7. The predicted molar refractivity (Wildman–Crippen MR) is 137 cm³/mol. The first-order valence-electron chi connectivity index (χ1n) is 10.8. The summed E-state index contributed by atoms with van der Waals surface area (Å²) in [5, 5.41) is 3.20. The molecule has 0 aliphatic heterocycles. The average molecular weight is 535 g/mol. The zero-order valence-electron chi connectivity index (χ0n) is 19.1. The summed E-state index contributed by atoms with van der Waals surface area (Å²) >= 11 is 12.1. The minimum absolute atomic E-state index is 0.00635. The van der Waals surface area contributed by atoms with Gasteiger partial charge in [0.2, 0.25) is 10.0 Å². The van der Waals surface area contributed by atoms with Gasteiger partial charge in [-0.25, -0.2) is 8.42 Å². The van der Waals surface area contributed by atoms with Crippen LogP contribution in [0.4, 0.5) is 5.69 Å². The molecular weight excluding hydrogens is 511 g/mol. The van der Waals surface area contributed by atoms with Gasteiger partial charge in [-0.3, -0.25) is 9.59 Å². The highest BCUT2D eigenvalue weighted by Crippen LogP contribution is 2.30. The molecule has 1 N–H and O–H groups in total. The van der Waals surface area contributed by atoms with Crippen LogP contribution in [0.3, 0.4) is 0 Å². The second-order valence-electron chi connectivity index (χ2n) is 7.40. The van der Waals surface area contributed by atoms with Crippen molar-refractivity contribution in [1.29, 1.82) is 0 Å². The van der Waals surface area contributed by atoms with E-state index in [0.29, 0.717) is 10.6 Å². The second-order valence-corrected chi connectivity index (χ2v) is 10.2. The van der Waals surface area contributed by atoms with E-state index in [9.17, 15) is 18.0 Å². The molecule has 0 unspecified atom stereocenters. The molecule has 0 radical (unpaired) electrons. The Morgan fingerprint density at radius 3 is 2.20 bits per heavy atom. The molecule has 0 bridgehead atoms. The van der Waals surface area contributed by atoms with Crippen molar-refractivity contribution in [3.63, 3.8) is 0 Å². The number of carbonyl (C=O) groups excluding carboxylic acids is 2. The van der Waals surface area contributed by atoms with Crippen molar-refractivity contribution in [2.75, 3.05) is 25.0 Å². The molecule has 0 heterocycles. The molecular formula is C25H24Cl2N2O5S. The van der Waals surface area contributed by atoms with E-state index in [1.807, 2.05) is 0 Å². The molecule has 0 atom stereocenters. The van der Waals surface area contributed by atoms with Crippen LogP contribution in [0, 0.1) is 0 Å². The van der Waals surface area contributed by atoms with Crippen LogP contribution < -0.4 is 10.1 Å². The predicted octanol–water partition coefficient (Wildman–Crippen LogP) is 5.27. The minimum atomic E-state index is -3.88. The van der Waals surface area contributed by atoms with Gasteiger partial charge in [0.1, 0.15) is 10.6 Å². The summed E-state index contributed by atoms with van der Waals surface area (Å²) < 4.78 is 32.9. The zero-order chi connectivity index (χ0) is 25.6. The number of nitrogens with zero attached hydrogens (tertiary/aromatic N) is 1. The average Bonchev–Trinajstić information content (AvgIpc) is 2.85. The van der Waals surface area contributed by atoms with Crippen molar-refractivity contribution < 1.29 is 22.7 Å². The molecule has 0 saturated heterocycles. The monoisotopic (exact) mass is 534 g/mol. The summed E-state index contributed by atoms with van der Waals surface area (Å²) in [6, 6.07) is 17.3. The summed E-state index contributed by atoms with van der Waals surface area (Å²) in [6.07, 6.45) is 0. The fraction of sp³-hybridized carbons (Fsp3) is 0.200. The number of anilines is 1. The molecule has 35 heavy (non-hydrogen) atoms. The molecule has 3 rings (SSSR count). The molecule has 3 aromatic rings. The van der Waals surface area contributed by atoms with E-state index in [1.54, 1.807) is 50.2 Å². The number of sulfonamides is 1. The summed E-state index contributed by atoms with van der Waals surface area (Å²) in [5.41, 5.74) is 0.909. The van der Waals surface area contributed by atoms with E-state index in [-0.39, 0.29) is 45.8 Å². The molecule has 0 spiro atoms. The maximum absolute atomic E-state index is 13.0. The molecule has 0 aromatic heterocycles. The van der Waals surface area contributed by atoms with Crippen molar-refractivity contribution in [3.8, 4) is 5.75 Å². The third kappa shape index (κ3) is 6.41. The van der Waals surface area contributed by atoms with Gasteiger partial charge in [0.25, 0.3) is 5.91 Å². The second kappa shape index (κ2) is 11.7. The summed E-state index contributed by atoms with van der Waals surface area (Å²) in [5.74, 6) is -0.904. The van der Waals surface area contributed by atoms with Crippen molar-refractivity contribution in [2.45, 2.75) is 18.7 Å². The Morgan fingerprint density at radius 1 is 0.914 bits per heavy atom. The largest absolute Gasteiger partial charge is 0.482 e. The Labute approximate surface area is 214 Å². The first-order chi connectivity index (χ1) is 16.7. The van der Waals surface area contributed by atoms with Crippen molar-refractivity contribution in [3.05, 3.63) is 87.9 Å². The smallest absolute Gasteiger partial charge is 0.262 e. The van der Waals surface area contributed by atoms with Crippen LogP contribution >= 0.6 is 23.2 Å². The van der Waals surface area contributed by atoms with Crippen LogP contribution in [0.1, 0.15) is 29.8 Å². The number of hydrogen-bond acceptors (Lipinski definition) is 5. The molecule has 1 amide bonds. The third-order valence-corrected chi connectivity index (χ3v) is 7.67. The number of rotatable bonds is 10. The van der Waals surface area contributed by atoms with Gasteiger partial charge in [0.05, 0.1) is 5.69 Å². The Hall–Kier alpha value is -2.91. The lowest BCUT2D eigenvalue weighted by molar-refractivity contribution is -0.118. The Bertz CT molecular complexity index is 1330. The van der Waals surface area contributed by atoms with Gasteiger partial charge in [0, 0.05) is 34.3 Å². The topological polar surface area (TPSA) is 92.8 Å². The zero-order valence-corrected chi connectivity index (χ0v) is 21.5. The van der Waals surface area contributed by atoms with Crippen molar-refractivity contribution in [1.82, 2.24) is 4.31 Å². The van der Waals surface area contributed by atoms with Gasteiger partial charge in [-0.2, -0.15) is 4.31 Å². The number of ether oxygens (including phenoxy) is 1. The Balaban J connectivity index is 1.81. The van der Waals surface area contributed by atoms with Crippen molar-refractivity contribution in [2.24, 2.45) is 0 Å². The van der Waals surface area contributed by atoms with E-state index in [0.717, 1.165) is 0 Å². The highest BCUT2D eigenvalue weighted by molar-refractivity contribution is 7.89. The highest BCUT2D eigenvalue weighted by atomic mass is 35.5. The lowest BCUT2D eigenvalue weighted by atomic mass is 10.0. The van der Waals surface area contributed by atoms with Gasteiger partial charge >= 0.3 is 0 Å². The van der Waals surface area contributed by atoms with Gasteiger partial charge < -0.3 is 10.1 Å². The number of hydrogen-bond donors (Lipinski definition) is 1. The van der Waals surface area contributed by atoms with E-state index in [4.69, 9.17) is 27.9 Å². The maximum Gasteiger partial charge on any atom is 0.262 e. The molecule has 7 nitrogen and oxygen atoms in total. The Morgan fingerprint density at radius 2 is 1.54 bits per heavy atom. The Kier molecular flexibility index (Phi) is 8.91. The van der Waals surface area contributed by atoms with Crippen LogP contribution in [0.15, 0.2) is 71.6 Å². The number of carbonyl (C=O) groups is 2. The minimum Gasteiger partial charge on any atom is -0.482 e. The number of benzene rings is 3. The van der Waals surface area contributed by atoms with Crippen LogP contribution in [0.25, 0.3) is 0 Å². The number of nitrogens with one attached hydrogen (secondary N) is 1. The normalized spacial score (nSPS) is 11.3. The molecule has 10 heteroatoms. The number of amides is 1. The molecule has 184 valence electrons. The summed E-state index contributed by atoms with van der Waals surface area (Å²) in [4.78, 5) is 25.5. The molecule has 3 aromatic carbocycles. The molecule has 0 aliphatic rings. The summed E-state index contributed by atoms with van der Waals surface area (Å²) in [6.45, 7) is 3.48. The number of ketones is 1. The lowest BCUT2D eigenvalue weighted by Crippen LogP contribution is -2.31. The van der Waals surface area contributed by atoms with E-state index >= 15 is 0 Å². The van der Waals surface area contributed by atoms with Crippen LogP contribution in [0.2, 0.25) is 10.0 Å². The van der Waals surface area contributed by atoms with Crippen LogP contribution in [-0.2, 0) is 14.8 Å². The number of halogens is 2. The van der Waals surface area contributed by atoms with Gasteiger partial charge in [-0.1, -0.05) is 67.4 Å². The van der Waals surface area contributed by atoms with E-state index in [2.05, 4.69) is 5.32 Å². The van der Waals surface area contributed by atoms with Gasteiger partial charge in [0.15, 0.2) is 12.4 Å². The van der Waals surface area contributed by atoms with Crippen molar-refractivity contribution >= 4 is 50.6 Å². The first-order valence-corrected chi connectivity index (χ1v) is 13.0. The van der Waals surface area contributed by atoms with Crippen LogP contribution in [0.5, 0.6) is 5.75 Å². The molecule has 0 aliphatic carbocycles. The summed E-state index contributed by atoms with van der Waals surface area (Å²) in [7, 11) is -3.88. The highest BCUT2D eigenvalue weighted by Gasteiger charge is 2.26. The fourth-order valence-corrected chi connectivity index (χ4v) is 5.42.